The second kappa shape index (κ2) is 4.88. The third kappa shape index (κ3) is 2.06. The highest BCUT2D eigenvalue weighted by Gasteiger charge is 2.36. The molecule has 0 saturated carbocycles. The first-order valence-electron chi connectivity index (χ1n) is 7.84. The topological polar surface area (TPSA) is 23.5 Å². The molecular weight excluding hydrogens is 258 g/mol. The first-order valence-corrected chi connectivity index (χ1v) is 7.84. The van der Waals surface area contributed by atoms with Gasteiger partial charge in [-0.25, -0.2) is 0 Å². The summed E-state index contributed by atoms with van der Waals surface area (Å²) in [6, 6.07) is 15.3. The second-order valence-corrected chi connectivity index (χ2v) is 6.40. The van der Waals surface area contributed by atoms with Gasteiger partial charge in [-0.3, -0.25) is 0 Å². The number of nitrogens with zero attached hydrogens (tertiary/aromatic N) is 1. The van der Waals surface area contributed by atoms with Crippen molar-refractivity contribution in [2.75, 3.05) is 13.6 Å². The number of hydrogen-bond acceptors (Lipinski definition) is 2. The average molecular weight is 279 g/mol. The van der Waals surface area contributed by atoms with Crippen LogP contribution in [0.25, 0.3) is 0 Å². The van der Waals surface area contributed by atoms with Crippen molar-refractivity contribution in [3.05, 3.63) is 64.7 Å². The summed E-state index contributed by atoms with van der Waals surface area (Å²) in [5.41, 5.74) is 5.65. The fourth-order valence-corrected chi connectivity index (χ4v) is 4.15. The maximum absolute atomic E-state index is 9.95. The van der Waals surface area contributed by atoms with Crippen LogP contribution in [-0.4, -0.2) is 29.6 Å². The molecule has 1 aliphatic heterocycles. The van der Waals surface area contributed by atoms with Crippen molar-refractivity contribution in [1.29, 1.82) is 0 Å². The minimum absolute atomic E-state index is 0.388. The minimum atomic E-state index is 0.388. The number of rotatable bonds is 0. The Morgan fingerprint density at radius 1 is 1.00 bits per heavy atom. The molecule has 2 aromatic carbocycles. The quantitative estimate of drug-likeness (QED) is 0.799. The molecule has 0 fully saturated rings. The van der Waals surface area contributed by atoms with Gasteiger partial charge >= 0.3 is 0 Å². The number of aryl methyl sites for hydroxylation is 1. The second-order valence-electron chi connectivity index (χ2n) is 6.40. The Bertz CT molecular complexity index is 679. The van der Waals surface area contributed by atoms with Crippen LogP contribution < -0.4 is 0 Å². The summed E-state index contributed by atoms with van der Waals surface area (Å²) in [5, 5.41) is 9.95. The van der Waals surface area contributed by atoms with E-state index in [0.29, 0.717) is 17.7 Å². The van der Waals surface area contributed by atoms with E-state index in [9.17, 15) is 5.11 Å². The number of phenolic OH excluding ortho intramolecular Hbond substituents is 1. The van der Waals surface area contributed by atoms with E-state index in [2.05, 4.69) is 42.3 Å². The van der Waals surface area contributed by atoms with Gasteiger partial charge in [-0.2, -0.15) is 0 Å². The van der Waals surface area contributed by atoms with Crippen molar-refractivity contribution in [1.82, 2.24) is 4.90 Å². The summed E-state index contributed by atoms with van der Waals surface area (Å²) in [6.07, 6.45) is 3.43. The van der Waals surface area contributed by atoms with Crippen LogP contribution in [0.3, 0.4) is 0 Å². The van der Waals surface area contributed by atoms with Crippen LogP contribution in [0, 0.1) is 0 Å². The normalized spacial score (nSPS) is 24.6. The molecular formula is C19H21NO. The molecule has 2 aliphatic rings. The highest BCUT2D eigenvalue weighted by atomic mass is 16.3. The van der Waals surface area contributed by atoms with Gasteiger partial charge in [0.2, 0.25) is 0 Å². The fraction of sp³-hybridized carbons (Fsp3) is 0.368. The molecule has 1 aliphatic carbocycles. The lowest BCUT2D eigenvalue weighted by molar-refractivity contribution is 0.214. The van der Waals surface area contributed by atoms with Crippen molar-refractivity contribution in [3.8, 4) is 5.75 Å². The maximum atomic E-state index is 9.95. The number of benzene rings is 2. The molecule has 1 heterocycles. The smallest absolute Gasteiger partial charge is 0.115 e. The van der Waals surface area contributed by atoms with Crippen LogP contribution in [0.5, 0.6) is 5.75 Å². The first-order chi connectivity index (χ1) is 10.2. The lowest BCUT2D eigenvalue weighted by Gasteiger charge is -2.38. The van der Waals surface area contributed by atoms with E-state index in [-0.39, 0.29) is 0 Å². The zero-order chi connectivity index (χ0) is 14.4. The van der Waals surface area contributed by atoms with Crippen LogP contribution in [0.15, 0.2) is 42.5 Å². The Kier molecular flexibility index (Phi) is 3.00. The average Bonchev–Trinajstić information content (AvgIpc) is 2.65. The van der Waals surface area contributed by atoms with Gasteiger partial charge in [-0.1, -0.05) is 30.3 Å². The zero-order valence-electron chi connectivity index (χ0n) is 12.4. The van der Waals surface area contributed by atoms with Gasteiger partial charge in [0.15, 0.2) is 0 Å². The number of phenols is 1. The van der Waals surface area contributed by atoms with Gasteiger partial charge in [0, 0.05) is 18.5 Å². The fourth-order valence-electron chi connectivity index (χ4n) is 4.15. The summed E-state index contributed by atoms with van der Waals surface area (Å²) in [4.78, 5) is 2.51. The molecule has 0 unspecified atom stereocenters. The maximum Gasteiger partial charge on any atom is 0.115 e. The van der Waals surface area contributed by atoms with E-state index in [1.807, 2.05) is 12.1 Å². The Hall–Kier alpha value is -1.80. The number of hydrogen-bond donors (Lipinski definition) is 1. The van der Waals surface area contributed by atoms with Crippen molar-refractivity contribution in [3.63, 3.8) is 0 Å². The molecule has 0 bridgehead atoms. The molecule has 2 atom stereocenters. The highest BCUT2D eigenvalue weighted by molar-refractivity contribution is 5.48. The van der Waals surface area contributed by atoms with E-state index < -0.39 is 0 Å². The van der Waals surface area contributed by atoms with Gasteiger partial charge in [0.05, 0.1) is 0 Å². The molecule has 4 rings (SSSR count). The Morgan fingerprint density at radius 3 is 2.71 bits per heavy atom. The summed E-state index contributed by atoms with van der Waals surface area (Å²) >= 11 is 0. The molecule has 2 nitrogen and oxygen atoms in total. The molecule has 108 valence electrons. The third-order valence-corrected chi connectivity index (χ3v) is 5.25. The number of aromatic hydroxyl groups is 1. The van der Waals surface area contributed by atoms with Crippen LogP contribution in [0.2, 0.25) is 0 Å². The Morgan fingerprint density at radius 2 is 1.81 bits per heavy atom. The SMILES string of the molecule is CN1CCc2ccccc2[C@@H]2c3cc(O)ccc3CC[C@H]21. The number of fused-ring (bicyclic) bond motifs is 5. The molecule has 0 saturated heterocycles. The van der Waals surface area contributed by atoms with E-state index in [0.717, 1.165) is 19.4 Å². The van der Waals surface area contributed by atoms with Gasteiger partial charge in [-0.15, -0.1) is 0 Å². The predicted molar refractivity (Wildman–Crippen MR) is 84.8 cm³/mol. The van der Waals surface area contributed by atoms with E-state index in [1.54, 1.807) is 0 Å². The standard InChI is InChI=1S/C19H21NO/c1-20-11-10-13-4-2-3-5-16(13)19-17-12-15(21)8-6-14(17)7-9-18(19)20/h2-6,8,12,18-19,21H,7,9-11H2,1H3/t18-,19-/m1/s1. The van der Waals surface area contributed by atoms with Gasteiger partial charge in [-0.05, 0) is 60.7 Å². The van der Waals surface area contributed by atoms with Gasteiger partial charge < -0.3 is 10.0 Å². The molecule has 0 aromatic heterocycles. The van der Waals surface area contributed by atoms with Crippen molar-refractivity contribution in [2.45, 2.75) is 31.2 Å². The van der Waals surface area contributed by atoms with Crippen molar-refractivity contribution < 1.29 is 5.11 Å². The molecule has 21 heavy (non-hydrogen) atoms. The van der Waals surface area contributed by atoms with Gasteiger partial charge in [0.1, 0.15) is 5.75 Å². The third-order valence-electron chi connectivity index (χ3n) is 5.25. The Balaban J connectivity index is 1.93. The van der Waals surface area contributed by atoms with Gasteiger partial charge in [0.25, 0.3) is 0 Å². The molecule has 0 amide bonds. The van der Waals surface area contributed by atoms with Crippen LogP contribution in [0.4, 0.5) is 0 Å². The first kappa shape index (κ1) is 12.9. The summed E-state index contributed by atoms with van der Waals surface area (Å²) in [7, 11) is 2.25. The van der Waals surface area contributed by atoms with Crippen molar-refractivity contribution >= 4 is 0 Å². The lowest BCUT2D eigenvalue weighted by atomic mass is 9.74. The van der Waals surface area contributed by atoms with E-state index in [1.165, 1.54) is 28.7 Å². The summed E-state index contributed by atoms with van der Waals surface area (Å²) in [5.74, 6) is 0.781. The van der Waals surface area contributed by atoms with E-state index in [4.69, 9.17) is 0 Å². The highest BCUT2D eigenvalue weighted by Crippen LogP contribution is 2.43. The minimum Gasteiger partial charge on any atom is -0.508 e. The molecule has 0 radical (unpaired) electrons. The Labute approximate surface area is 126 Å². The summed E-state index contributed by atoms with van der Waals surface area (Å²) < 4.78 is 0. The van der Waals surface area contributed by atoms with Crippen LogP contribution in [-0.2, 0) is 12.8 Å². The molecule has 2 aromatic rings. The number of likely N-dealkylation sites (N-methyl/N-ethyl adjacent to an activating group) is 1. The molecule has 2 heteroatoms. The van der Waals surface area contributed by atoms with Crippen LogP contribution in [0.1, 0.15) is 34.6 Å². The monoisotopic (exact) mass is 279 g/mol. The van der Waals surface area contributed by atoms with Crippen molar-refractivity contribution in [2.24, 2.45) is 0 Å². The molecule has 1 N–H and O–H groups in total. The molecule has 0 spiro atoms. The van der Waals surface area contributed by atoms with Crippen LogP contribution >= 0.6 is 0 Å². The van der Waals surface area contributed by atoms with E-state index >= 15 is 0 Å². The lowest BCUT2D eigenvalue weighted by Crippen LogP contribution is -2.39. The zero-order valence-corrected chi connectivity index (χ0v) is 12.4. The summed E-state index contributed by atoms with van der Waals surface area (Å²) in [6.45, 7) is 1.12. The predicted octanol–water partition coefficient (Wildman–Crippen LogP) is 3.33. The largest absolute Gasteiger partial charge is 0.508 e.